The van der Waals surface area contributed by atoms with E-state index < -0.39 is 12.2 Å². The Kier molecular flexibility index (Phi) is 5.45. The standard InChI is InChI=1S/C26H26N2O4/c1-31-25-13-7-6-12-22(25)27-23-14-28(15-24(23)29)26(30)32-16-21-19-10-4-2-8-17(19)18-9-3-5-11-20(18)21/h2-13,21,23-24,27,29H,14-16H2,1H3. The maximum Gasteiger partial charge on any atom is 0.409 e. The molecule has 0 aromatic heterocycles. The van der Waals surface area contributed by atoms with E-state index in [4.69, 9.17) is 9.47 Å². The molecule has 3 aromatic rings. The van der Waals surface area contributed by atoms with Gasteiger partial charge in [-0.05, 0) is 34.4 Å². The van der Waals surface area contributed by atoms with Crippen LogP contribution in [0.3, 0.4) is 0 Å². The zero-order valence-corrected chi connectivity index (χ0v) is 17.9. The highest BCUT2D eigenvalue weighted by atomic mass is 16.6. The molecule has 2 atom stereocenters. The van der Waals surface area contributed by atoms with Gasteiger partial charge in [0.1, 0.15) is 12.4 Å². The Morgan fingerprint density at radius 3 is 2.28 bits per heavy atom. The molecule has 6 heteroatoms. The first-order chi connectivity index (χ1) is 15.7. The van der Waals surface area contributed by atoms with Crippen LogP contribution in [0.25, 0.3) is 11.1 Å². The fraction of sp³-hybridized carbons (Fsp3) is 0.269. The summed E-state index contributed by atoms with van der Waals surface area (Å²) in [5.74, 6) is 0.709. The minimum absolute atomic E-state index is 0.0152. The number of benzene rings is 3. The predicted octanol–water partition coefficient (Wildman–Crippen LogP) is 4.10. The van der Waals surface area contributed by atoms with Crippen molar-refractivity contribution >= 4 is 11.8 Å². The summed E-state index contributed by atoms with van der Waals surface area (Å²) >= 11 is 0. The lowest BCUT2D eigenvalue weighted by Gasteiger charge is -2.20. The van der Waals surface area contributed by atoms with Crippen molar-refractivity contribution in [2.75, 3.05) is 32.1 Å². The van der Waals surface area contributed by atoms with Gasteiger partial charge in [-0.2, -0.15) is 0 Å². The second-order valence-electron chi connectivity index (χ2n) is 8.23. The van der Waals surface area contributed by atoms with Crippen LogP contribution in [0.5, 0.6) is 5.75 Å². The first-order valence-corrected chi connectivity index (χ1v) is 10.8. The molecule has 0 spiro atoms. The first-order valence-electron chi connectivity index (χ1n) is 10.8. The van der Waals surface area contributed by atoms with Gasteiger partial charge in [0.15, 0.2) is 0 Å². The first kappa shape index (κ1) is 20.4. The maximum atomic E-state index is 12.8. The third-order valence-electron chi connectivity index (χ3n) is 6.33. The highest BCUT2D eigenvalue weighted by Gasteiger charge is 2.36. The number of likely N-dealkylation sites (tertiary alicyclic amines) is 1. The van der Waals surface area contributed by atoms with Gasteiger partial charge in [-0.25, -0.2) is 4.79 Å². The molecule has 1 amide bonds. The Morgan fingerprint density at radius 1 is 0.969 bits per heavy atom. The van der Waals surface area contributed by atoms with Gasteiger partial charge in [0.25, 0.3) is 0 Å². The van der Waals surface area contributed by atoms with E-state index >= 15 is 0 Å². The summed E-state index contributed by atoms with van der Waals surface area (Å²) in [6.07, 6.45) is -1.10. The number of ether oxygens (including phenoxy) is 2. The Hall–Kier alpha value is -3.51. The van der Waals surface area contributed by atoms with Crippen molar-refractivity contribution < 1.29 is 19.4 Å². The summed E-state index contributed by atoms with van der Waals surface area (Å²) in [5, 5.41) is 13.8. The second kappa shape index (κ2) is 8.55. The van der Waals surface area contributed by atoms with Crippen molar-refractivity contribution in [2.24, 2.45) is 0 Å². The average Bonchev–Trinajstić information content (AvgIpc) is 3.35. The number of aliphatic hydroxyl groups is 1. The molecule has 5 rings (SSSR count). The largest absolute Gasteiger partial charge is 0.495 e. The molecule has 164 valence electrons. The van der Waals surface area contributed by atoms with Gasteiger partial charge in [-0.3, -0.25) is 0 Å². The molecule has 0 radical (unpaired) electrons. The number of carbonyl (C=O) groups is 1. The van der Waals surface area contributed by atoms with Crippen molar-refractivity contribution in [3.8, 4) is 16.9 Å². The molecular weight excluding hydrogens is 404 g/mol. The molecule has 1 aliphatic carbocycles. The summed E-state index contributed by atoms with van der Waals surface area (Å²) in [7, 11) is 1.61. The number of hydrogen-bond donors (Lipinski definition) is 2. The normalized spacial score (nSPS) is 19.4. The molecule has 1 aliphatic heterocycles. The second-order valence-corrected chi connectivity index (χ2v) is 8.23. The number of para-hydroxylation sites is 2. The summed E-state index contributed by atoms with van der Waals surface area (Å²) < 4.78 is 11.1. The van der Waals surface area contributed by atoms with Crippen LogP contribution in [0.2, 0.25) is 0 Å². The van der Waals surface area contributed by atoms with Crippen LogP contribution in [0, 0.1) is 0 Å². The quantitative estimate of drug-likeness (QED) is 0.638. The van der Waals surface area contributed by atoms with Crippen LogP contribution in [0.1, 0.15) is 17.0 Å². The maximum absolute atomic E-state index is 12.8. The highest BCUT2D eigenvalue weighted by molar-refractivity contribution is 5.79. The van der Waals surface area contributed by atoms with Crippen LogP contribution in [0.4, 0.5) is 10.5 Å². The lowest BCUT2D eigenvalue weighted by atomic mass is 9.98. The smallest absolute Gasteiger partial charge is 0.409 e. The zero-order chi connectivity index (χ0) is 22.1. The molecule has 2 aliphatic rings. The van der Waals surface area contributed by atoms with Crippen molar-refractivity contribution in [1.82, 2.24) is 4.90 Å². The summed E-state index contributed by atoms with van der Waals surface area (Å²) in [6, 6.07) is 23.8. The van der Waals surface area contributed by atoms with E-state index in [0.717, 1.165) is 5.69 Å². The molecule has 2 N–H and O–H groups in total. The lowest BCUT2D eigenvalue weighted by molar-refractivity contribution is 0.100. The van der Waals surface area contributed by atoms with E-state index in [1.807, 2.05) is 48.5 Å². The lowest BCUT2D eigenvalue weighted by Crippen LogP contribution is -2.33. The number of methoxy groups -OCH3 is 1. The van der Waals surface area contributed by atoms with Crippen molar-refractivity contribution in [3.63, 3.8) is 0 Å². The molecule has 1 saturated heterocycles. The summed E-state index contributed by atoms with van der Waals surface area (Å²) in [5.41, 5.74) is 5.54. The van der Waals surface area contributed by atoms with Crippen LogP contribution in [-0.4, -0.2) is 55.1 Å². The molecule has 3 aromatic carbocycles. The summed E-state index contributed by atoms with van der Waals surface area (Å²) in [6.45, 7) is 0.851. The van der Waals surface area contributed by atoms with Crippen molar-refractivity contribution in [1.29, 1.82) is 0 Å². The number of β-amino-alcohol motifs (C(OH)–C–C–N with tert-alkyl or cyclic N) is 1. The number of hydrogen-bond acceptors (Lipinski definition) is 5. The van der Waals surface area contributed by atoms with Gasteiger partial charge in [0, 0.05) is 12.5 Å². The molecule has 32 heavy (non-hydrogen) atoms. The Labute approximate surface area is 187 Å². The number of aliphatic hydroxyl groups excluding tert-OH is 1. The molecule has 2 unspecified atom stereocenters. The number of carbonyl (C=O) groups excluding carboxylic acids is 1. The van der Waals surface area contributed by atoms with Crippen LogP contribution in [-0.2, 0) is 4.74 Å². The van der Waals surface area contributed by atoms with E-state index in [1.54, 1.807) is 12.0 Å². The summed E-state index contributed by atoms with van der Waals surface area (Å²) in [4.78, 5) is 14.4. The molecule has 0 saturated carbocycles. The fourth-order valence-electron chi connectivity index (χ4n) is 4.73. The van der Waals surface area contributed by atoms with E-state index in [0.29, 0.717) is 12.3 Å². The molecule has 1 fully saturated rings. The number of nitrogens with zero attached hydrogens (tertiary/aromatic N) is 1. The van der Waals surface area contributed by atoms with Crippen molar-refractivity contribution in [3.05, 3.63) is 83.9 Å². The third kappa shape index (κ3) is 3.67. The van der Waals surface area contributed by atoms with Gasteiger partial charge in [-0.15, -0.1) is 0 Å². The minimum atomic E-state index is -0.694. The predicted molar refractivity (Wildman–Crippen MR) is 123 cm³/mol. The number of amides is 1. The number of rotatable bonds is 5. The average molecular weight is 431 g/mol. The van der Waals surface area contributed by atoms with E-state index in [-0.39, 0.29) is 25.1 Å². The zero-order valence-electron chi connectivity index (χ0n) is 17.9. The Morgan fingerprint density at radius 2 is 1.59 bits per heavy atom. The van der Waals surface area contributed by atoms with Gasteiger partial charge in [0.2, 0.25) is 0 Å². The molecule has 0 bridgehead atoms. The monoisotopic (exact) mass is 430 g/mol. The van der Waals surface area contributed by atoms with Crippen LogP contribution < -0.4 is 10.1 Å². The van der Waals surface area contributed by atoms with E-state index in [2.05, 4.69) is 29.6 Å². The van der Waals surface area contributed by atoms with Gasteiger partial charge >= 0.3 is 6.09 Å². The molecule has 1 heterocycles. The van der Waals surface area contributed by atoms with Gasteiger partial charge in [-0.1, -0.05) is 60.7 Å². The highest BCUT2D eigenvalue weighted by Crippen LogP contribution is 2.44. The Bertz CT molecular complexity index is 1090. The number of fused-ring (bicyclic) bond motifs is 3. The number of anilines is 1. The third-order valence-corrected chi connectivity index (χ3v) is 6.33. The van der Waals surface area contributed by atoms with Crippen molar-refractivity contribution in [2.45, 2.75) is 18.1 Å². The number of nitrogens with one attached hydrogen (secondary N) is 1. The van der Waals surface area contributed by atoms with Gasteiger partial charge < -0.3 is 24.8 Å². The fourth-order valence-corrected chi connectivity index (χ4v) is 4.73. The van der Waals surface area contributed by atoms with Crippen LogP contribution >= 0.6 is 0 Å². The van der Waals surface area contributed by atoms with E-state index in [9.17, 15) is 9.90 Å². The van der Waals surface area contributed by atoms with Gasteiger partial charge in [0.05, 0.1) is 31.5 Å². The van der Waals surface area contributed by atoms with Crippen LogP contribution in [0.15, 0.2) is 72.8 Å². The van der Waals surface area contributed by atoms with E-state index in [1.165, 1.54) is 22.3 Å². The molecule has 6 nitrogen and oxygen atoms in total. The minimum Gasteiger partial charge on any atom is -0.495 e. The SMILES string of the molecule is COc1ccccc1NC1CN(C(=O)OCC2c3ccccc3-c3ccccc32)CC1O. The topological polar surface area (TPSA) is 71.0 Å². The molecular formula is C26H26N2O4. The Balaban J connectivity index is 1.25.